The van der Waals surface area contributed by atoms with Crippen molar-refractivity contribution in [2.75, 3.05) is 6.54 Å². The van der Waals surface area contributed by atoms with Crippen molar-refractivity contribution in [1.29, 1.82) is 0 Å². The first-order valence-electron chi connectivity index (χ1n) is 7.13. The van der Waals surface area contributed by atoms with E-state index in [0.717, 1.165) is 13.0 Å². The van der Waals surface area contributed by atoms with Crippen molar-refractivity contribution in [3.8, 4) is 0 Å². The number of nitrogens with one attached hydrogen (secondary N) is 1. The quantitative estimate of drug-likeness (QED) is 0.615. The Bertz CT molecular complexity index is 293. The Morgan fingerprint density at radius 3 is 2.65 bits per heavy atom. The minimum atomic E-state index is 0.594. The van der Waals surface area contributed by atoms with Gasteiger partial charge in [-0.05, 0) is 42.8 Å². The summed E-state index contributed by atoms with van der Waals surface area (Å²) in [7, 11) is 0. The molecule has 0 radical (unpaired) electrons. The molecule has 0 bridgehead atoms. The van der Waals surface area contributed by atoms with E-state index in [1.807, 2.05) is 11.3 Å². The second-order valence-electron chi connectivity index (χ2n) is 4.67. The van der Waals surface area contributed by atoms with Crippen molar-refractivity contribution in [3.05, 3.63) is 21.9 Å². The Morgan fingerprint density at radius 1 is 1.18 bits per heavy atom. The summed E-state index contributed by atoms with van der Waals surface area (Å²) < 4.78 is 0. The summed E-state index contributed by atoms with van der Waals surface area (Å²) in [6.07, 6.45) is 7.69. The number of aryl methyl sites for hydroxylation is 1. The Labute approximate surface area is 111 Å². The molecule has 0 aromatic carbocycles. The summed E-state index contributed by atoms with van der Waals surface area (Å²) >= 11 is 1.93. The molecule has 98 valence electrons. The van der Waals surface area contributed by atoms with Crippen molar-refractivity contribution >= 4 is 11.3 Å². The van der Waals surface area contributed by atoms with Gasteiger partial charge in [0.15, 0.2) is 0 Å². The average molecular weight is 253 g/mol. The fraction of sp³-hybridized carbons (Fsp3) is 0.733. The number of hydrogen-bond acceptors (Lipinski definition) is 2. The second kappa shape index (κ2) is 8.71. The van der Waals surface area contributed by atoms with Gasteiger partial charge in [-0.2, -0.15) is 0 Å². The van der Waals surface area contributed by atoms with Gasteiger partial charge in [-0.1, -0.05) is 40.0 Å². The molecule has 0 aliphatic carbocycles. The molecule has 1 heterocycles. The molecule has 0 aliphatic rings. The summed E-state index contributed by atoms with van der Waals surface area (Å²) in [5.41, 5.74) is 1.54. The van der Waals surface area contributed by atoms with Crippen LogP contribution in [-0.4, -0.2) is 6.54 Å². The van der Waals surface area contributed by atoms with Crippen LogP contribution >= 0.6 is 11.3 Å². The third kappa shape index (κ3) is 4.81. The molecule has 0 saturated heterocycles. The lowest BCUT2D eigenvalue weighted by Gasteiger charge is -2.18. The minimum Gasteiger partial charge on any atom is -0.309 e. The van der Waals surface area contributed by atoms with Crippen LogP contribution in [-0.2, 0) is 6.42 Å². The average Bonchev–Trinajstić information content (AvgIpc) is 2.81. The van der Waals surface area contributed by atoms with Crippen LogP contribution in [0.5, 0.6) is 0 Å². The highest BCUT2D eigenvalue weighted by atomic mass is 32.1. The molecule has 0 spiro atoms. The highest BCUT2D eigenvalue weighted by Crippen LogP contribution is 2.28. The first-order chi connectivity index (χ1) is 8.33. The molecular weight excluding hydrogens is 226 g/mol. The van der Waals surface area contributed by atoms with E-state index in [0.29, 0.717) is 6.04 Å². The largest absolute Gasteiger partial charge is 0.309 e. The maximum absolute atomic E-state index is 3.72. The molecule has 0 amide bonds. The summed E-state index contributed by atoms with van der Waals surface area (Å²) in [6.45, 7) is 7.91. The summed E-state index contributed by atoms with van der Waals surface area (Å²) in [4.78, 5) is 1.58. The van der Waals surface area contributed by atoms with Crippen LogP contribution < -0.4 is 5.32 Å². The van der Waals surface area contributed by atoms with Gasteiger partial charge in [0, 0.05) is 10.9 Å². The number of unbranched alkanes of at least 4 members (excludes halogenated alkanes) is 2. The molecule has 1 aromatic rings. The molecule has 17 heavy (non-hydrogen) atoms. The second-order valence-corrected chi connectivity index (χ2v) is 5.61. The predicted octanol–water partition coefficient (Wildman–Crippen LogP) is 4.93. The van der Waals surface area contributed by atoms with Crippen LogP contribution in [0.3, 0.4) is 0 Å². The lowest BCUT2D eigenvalue weighted by molar-refractivity contribution is 0.478. The topological polar surface area (TPSA) is 12.0 Å². The molecule has 1 rings (SSSR count). The third-order valence-corrected chi connectivity index (χ3v) is 4.29. The number of thiophene rings is 1. The first kappa shape index (κ1) is 14.7. The van der Waals surface area contributed by atoms with Crippen molar-refractivity contribution in [1.82, 2.24) is 5.32 Å². The summed E-state index contributed by atoms with van der Waals surface area (Å²) in [6, 6.07) is 2.89. The zero-order chi connectivity index (χ0) is 12.5. The van der Waals surface area contributed by atoms with Crippen molar-refractivity contribution < 1.29 is 0 Å². The van der Waals surface area contributed by atoms with Crippen molar-refractivity contribution in [2.24, 2.45) is 0 Å². The van der Waals surface area contributed by atoms with Gasteiger partial charge >= 0.3 is 0 Å². The molecule has 2 heteroatoms. The zero-order valence-electron chi connectivity index (χ0n) is 11.6. The van der Waals surface area contributed by atoms with E-state index in [2.05, 4.69) is 37.5 Å². The van der Waals surface area contributed by atoms with Gasteiger partial charge in [0.05, 0.1) is 0 Å². The monoisotopic (exact) mass is 253 g/mol. The van der Waals surface area contributed by atoms with E-state index >= 15 is 0 Å². The Balaban J connectivity index is 2.60. The van der Waals surface area contributed by atoms with Gasteiger partial charge in [-0.15, -0.1) is 11.3 Å². The lowest BCUT2D eigenvalue weighted by Crippen LogP contribution is -2.22. The highest BCUT2D eigenvalue weighted by molar-refractivity contribution is 7.10. The van der Waals surface area contributed by atoms with Crippen molar-refractivity contribution in [3.63, 3.8) is 0 Å². The summed E-state index contributed by atoms with van der Waals surface area (Å²) in [5.74, 6) is 0. The van der Waals surface area contributed by atoms with E-state index in [1.54, 1.807) is 10.4 Å². The van der Waals surface area contributed by atoms with Crippen LogP contribution in [0.2, 0.25) is 0 Å². The van der Waals surface area contributed by atoms with Crippen molar-refractivity contribution in [2.45, 2.75) is 65.3 Å². The highest BCUT2D eigenvalue weighted by Gasteiger charge is 2.14. The smallest absolute Gasteiger partial charge is 0.0417 e. The minimum absolute atomic E-state index is 0.594. The zero-order valence-corrected chi connectivity index (χ0v) is 12.4. The van der Waals surface area contributed by atoms with Crippen LogP contribution in [0.15, 0.2) is 11.4 Å². The number of hydrogen-bond donors (Lipinski definition) is 1. The van der Waals surface area contributed by atoms with Gasteiger partial charge in [-0.3, -0.25) is 0 Å². The molecule has 0 fully saturated rings. The molecule has 1 N–H and O–H groups in total. The number of rotatable bonds is 9. The molecule has 1 aromatic heterocycles. The SMILES string of the molecule is CCCCCC(NCCC)c1sccc1CC. The maximum Gasteiger partial charge on any atom is 0.0417 e. The van der Waals surface area contributed by atoms with E-state index in [4.69, 9.17) is 0 Å². The van der Waals surface area contributed by atoms with Gasteiger partial charge in [-0.25, -0.2) is 0 Å². The van der Waals surface area contributed by atoms with Gasteiger partial charge < -0.3 is 5.32 Å². The fourth-order valence-electron chi connectivity index (χ4n) is 2.19. The Morgan fingerprint density at radius 2 is 2.00 bits per heavy atom. The predicted molar refractivity (Wildman–Crippen MR) is 78.9 cm³/mol. The van der Waals surface area contributed by atoms with Crippen LogP contribution in [0.1, 0.15) is 69.4 Å². The first-order valence-corrected chi connectivity index (χ1v) is 8.01. The Kier molecular flexibility index (Phi) is 7.54. The third-order valence-electron chi connectivity index (χ3n) is 3.22. The van der Waals surface area contributed by atoms with E-state index < -0.39 is 0 Å². The Hall–Kier alpha value is -0.340. The molecule has 1 nitrogen and oxygen atoms in total. The van der Waals surface area contributed by atoms with Gasteiger partial charge in [0.2, 0.25) is 0 Å². The standard InChI is InChI=1S/C15H27NS/c1-4-7-8-9-14(16-11-5-2)15-13(6-3)10-12-17-15/h10,12,14,16H,4-9,11H2,1-3H3. The van der Waals surface area contributed by atoms with E-state index in [9.17, 15) is 0 Å². The summed E-state index contributed by atoms with van der Waals surface area (Å²) in [5, 5.41) is 5.96. The van der Waals surface area contributed by atoms with Crippen LogP contribution in [0, 0.1) is 0 Å². The molecule has 1 atom stereocenters. The van der Waals surface area contributed by atoms with Crippen LogP contribution in [0.25, 0.3) is 0 Å². The maximum atomic E-state index is 3.72. The lowest BCUT2D eigenvalue weighted by atomic mass is 10.0. The van der Waals surface area contributed by atoms with Gasteiger partial charge in [0.25, 0.3) is 0 Å². The van der Waals surface area contributed by atoms with E-state index in [-0.39, 0.29) is 0 Å². The normalized spacial score (nSPS) is 12.9. The molecule has 0 saturated carbocycles. The molecular formula is C15H27NS. The fourth-order valence-corrected chi connectivity index (χ4v) is 3.30. The van der Waals surface area contributed by atoms with Gasteiger partial charge in [0.1, 0.15) is 0 Å². The van der Waals surface area contributed by atoms with Crippen LogP contribution in [0.4, 0.5) is 0 Å². The molecule has 1 unspecified atom stereocenters. The molecule has 0 aliphatic heterocycles. The van der Waals surface area contributed by atoms with E-state index in [1.165, 1.54) is 32.1 Å².